The first-order chi connectivity index (χ1) is 10.8. The van der Waals surface area contributed by atoms with Gasteiger partial charge in [-0.05, 0) is 24.3 Å². The highest BCUT2D eigenvalue weighted by molar-refractivity contribution is 5.99. The first-order valence-corrected chi connectivity index (χ1v) is 6.94. The van der Waals surface area contributed by atoms with Crippen molar-refractivity contribution in [3.8, 4) is 11.3 Å². The Bertz CT molecular complexity index is 764. The maximum atomic E-state index is 13.9. The van der Waals surface area contributed by atoms with Gasteiger partial charge in [0.1, 0.15) is 5.82 Å². The fraction of sp³-hybridized carbons (Fsp3) is 0.125. The van der Waals surface area contributed by atoms with Crippen molar-refractivity contribution in [1.29, 1.82) is 0 Å². The zero-order valence-corrected chi connectivity index (χ0v) is 11.8. The largest absolute Gasteiger partial charge is 0.365 e. The Morgan fingerprint density at radius 1 is 1.23 bits per heavy atom. The number of halogens is 1. The van der Waals surface area contributed by atoms with E-state index in [-0.39, 0.29) is 5.91 Å². The van der Waals surface area contributed by atoms with Crippen molar-refractivity contribution in [2.75, 3.05) is 6.54 Å². The molecule has 112 valence electrons. The summed E-state index contributed by atoms with van der Waals surface area (Å²) in [6.07, 6.45) is 3.95. The van der Waals surface area contributed by atoms with E-state index in [2.05, 4.69) is 20.5 Å². The number of nitrogens with one attached hydrogen (secondary N) is 3. The Kier molecular flexibility index (Phi) is 4.00. The summed E-state index contributed by atoms with van der Waals surface area (Å²) in [5.41, 5.74) is 2.09. The van der Waals surface area contributed by atoms with Crippen LogP contribution in [0, 0.1) is 5.82 Å². The highest BCUT2D eigenvalue weighted by Gasteiger charge is 2.17. The van der Waals surface area contributed by atoms with Gasteiger partial charge in [-0.25, -0.2) is 4.39 Å². The number of benzene rings is 1. The van der Waals surface area contributed by atoms with E-state index in [1.54, 1.807) is 18.2 Å². The average Bonchev–Trinajstić information content (AvgIpc) is 3.18. The number of carbonyl (C=O) groups excluding carboxylic acids is 1. The molecule has 3 rings (SSSR count). The van der Waals surface area contributed by atoms with Crippen LogP contribution in [0.4, 0.5) is 4.39 Å². The molecule has 0 radical (unpaired) electrons. The number of amides is 1. The molecule has 1 aromatic carbocycles. The smallest absolute Gasteiger partial charge is 0.255 e. The van der Waals surface area contributed by atoms with E-state index in [9.17, 15) is 9.18 Å². The van der Waals surface area contributed by atoms with Gasteiger partial charge in [0.05, 0.1) is 17.5 Å². The lowest BCUT2D eigenvalue weighted by Gasteiger charge is -2.06. The molecule has 0 fully saturated rings. The first kappa shape index (κ1) is 14.1. The van der Waals surface area contributed by atoms with Gasteiger partial charge in [0.2, 0.25) is 0 Å². The van der Waals surface area contributed by atoms with E-state index in [0.29, 0.717) is 29.8 Å². The Hall–Kier alpha value is -2.89. The molecule has 0 atom stereocenters. The molecule has 22 heavy (non-hydrogen) atoms. The van der Waals surface area contributed by atoms with E-state index in [0.717, 1.165) is 5.69 Å². The first-order valence-electron chi connectivity index (χ1n) is 6.94. The monoisotopic (exact) mass is 298 g/mol. The lowest BCUT2D eigenvalue weighted by Crippen LogP contribution is -2.26. The third kappa shape index (κ3) is 2.90. The lowest BCUT2D eigenvalue weighted by atomic mass is 10.1. The molecule has 0 unspecified atom stereocenters. The molecule has 6 heteroatoms. The maximum absolute atomic E-state index is 13.9. The molecule has 3 N–H and O–H groups in total. The van der Waals surface area contributed by atoms with E-state index in [1.807, 2.05) is 18.3 Å². The van der Waals surface area contributed by atoms with Gasteiger partial charge in [0, 0.05) is 30.4 Å². The molecule has 3 aromatic rings. The quantitative estimate of drug-likeness (QED) is 0.677. The fourth-order valence-electron chi connectivity index (χ4n) is 2.26. The third-order valence-electron chi connectivity index (χ3n) is 3.37. The van der Waals surface area contributed by atoms with Crippen LogP contribution in [-0.2, 0) is 6.42 Å². The number of aromatic nitrogens is 3. The number of H-pyrrole nitrogens is 2. The highest BCUT2D eigenvalue weighted by Crippen LogP contribution is 2.23. The topological polar surface area (TPSA) is 73.6 Å². The summed E-state index contributed by atoms with van der Waals surface area (Å²) in [6, 6.07) is 10.1. The number of carbonyl (C=O) groups is 1. The highest BCUT2D eigenvalue weighted by atomic mass is 19.1. The van der Waals surface area contributed by atoms with Gasteiger partial charge in [-0.3, -0.25) is 9.89 Å². The summed E-state index contributed by atoms with van der Waals surface area (Å²) in [5, 5.41) is 9.36. The van der Waals surface area contributed by atoms with E-state index >= 15 is 0 Å². The maximum Gasteiger partial charge on any atom is 0.255 e. The van der Waals surface area contributed by atoms with Gasteiger partial charge in [-0.1, -0.05) is 12.1 Å². The summed E-state index contributed by atoms with van der Waals surface area (Å²) in [5.74, 6) is -0.675. The molecule has 0 aliphatic carbocycles. The number of hydrogen-bond acceptors (Lipinski definition) is 2. The lowest BCUT2D eigenvalue weighted by molar-refractivity contribution is 0.0955. The predicted octanol–water partition coefficient (Wildman–Crippen LogP) is 2.52. The zero-order valence-electron chi connectivity index (χ0n) is 11.8. The zero-order chi connectivity index (χ0) is 15.4. The Balaban J connectivity index is 1.71. The van der Waals surface area contributed by atoms with Crippen LogP contribution in [0.2, 0.25) is 0 Å². The van der Waals surface area contributed by atoms with Gasteiger partial charge >= 0.3 is 0 Å². The standard InChI is InChI=1S/C16H15FN4O/c17-14-6-2-1-5-12(14)15-13(10-20-21-15)16(22)19-9-7-11-4-3-8-18-11/h1-6,8,10,18H,7,9H2,(H,19,22)(H,20,21). The molecule has 0 spiro atoms. The molecule has 0 saturated carbocycles. The van der Waals surface area contributed by atoms with Crippen LogP contribution in [0.5, 0.6) is 0 Å². The molecule has 1 amide bonds. The predicted molar refractivity (Wildman–Crippen MR) is 80.8 cm³/mol. The van der Waals surface area contributed by atoms with Crippen molar-refractivity contribution in [3.05, 3.63) is 65.9 Å². The van der Waals surface area contributed by atoms with Crippen molar-refractivity contribution in [2.24, 2.45) is 0 Å². The molecule has 5 nitrogen and oxygen atoms in total. The second kappa shape index (κ2) is 6.26. The van der Waals surface area contributed by atoms with Crippen LogP contribution < -0.4 is 5.32 Å². The minimum absolute atomic E-state index is 0.279. The summed E-state index contributed by atoms with van der Waals surface area (Å²) in [4.78, 5) is 15.3. The SMILES string of the molecule is O=C(NCCc1ccc[nH]1)c1cn[nH]c1-c1ccccc1F. The normalized spacial score (nSPS) is 10.6. The van der Waals surface area contributed by atoms with Crippen molar-refractivity contribution in [2.45, 2.75) is 6.42 Å². The Morgan fingerprint density at radius 2 is 2.09 bits per heavy atom. The van der Waals surface area contributed by atoms with Crippen molar-refractivity contribution in [3.63, 3.8) is 0 Å². The van der Waals surface area contributed by atoms with Gasteiger partial charge in [-0.2, -0.15) is 5.10 Å². The van der Waals surface area contributed by atoms with Gasteiger partial charge in [-0.15, -0.1) is 0 Å². The Labute approximate surface area is 126 Å². The number of aromatic amines is 2. The molecule has 0 aliphatic rings. The number of rotatable bonds is 5. The summed E-state index contributed by atoms with van der Waals surface area (Å²) in [6.45, 7) is 0.487. The fourth-order valence-corrected chi connectivity index (χ4v) is 2.26. The number of hydrogen-bond donors (Lipinski definition) is 3. The minimum Gasteiger partial charge on any atom is -0.365 e. The molecule has 0 bridgehead atoms. The van der Waals surface area contributed by atoms with Crippen molar-refractivity contribution >= 4 is 5.91 Å². The molecule has 0 saturated heterocycles. The van der Waals surface area contributed by atoms with Crippen LogP contribution in [0.1, 0.15) is 16.1 Å². The number of nitrogens with zero attached hydrogens (tertiary/aromatic N) is 1. The molecular formula is C16H15FN4O. The van der Waals surface area contributed by atoms with Crippen molar-refractivity contribution < 1.29 is 9.18 Å². The van der Waals surface area contributed by atoms with Gasteiger partial charge < -0.3 is 10.3 Å². The van der Waals surface area contributed by atoms with E-state index < -0.39 is 5.82 Å². The van der Waals surface area contributed by atoms with Crippen LogP contribution in [0.3, 0.4) is 0 Å². The second-order valence-corrected chi connectivity index (χ2v) is 4.84. The molecule has 2 heterocycles. The summed E-state index contributed by atoms with van der Waals surface area (Å²) in [7, 11) is 0. The average molecular weight is 298 g/mol. The van der Waals surface area contributed by atoms with Crippen LogP contribution in [-0.4, -0.2) is 27.6 Å². The Morgan fingerprint density at radius 3 is 2.86 bits per heavy atom. The minimum atomic E-state index is -0.396. The third-order valence-corrected chi connectivity index (χ3v) is 3.37. The van der Waals surface area contributed by atoms with Crippen LogP contribution in [0.25, 0.3) is 11.3 Å². The van der Waals surface area contributed by atoms with Gasteiger partial charge in [0.15, 0.2) is 0 Å². The molecular weight excluding hydrogens is 283 g/mol. The van der Waals surface area contributed by atoms with E-state index in [1.165, 1.54) is 12.3 Å². The summed E-state index contributed by atoms with van der Waals surface area (Å²) >= 11 is 0. The van der Waals surface area contributed by atoms with Crippen LogP contribution in [0.15, 0.2) is 48.8 Å². The summed E-state index contributed by atoms with van der Waals surface area (Å²) < 4.78 is 13.9. The van der Waals surface area contributed by atoms with Crippen molar-refractivity contribution in [1.82, 2.24) is 20.5 Å². The molecule has 0 aliphatic heterocycles. The molecule has 2 aromatic heterocycles. The van der Waals surface area contributed by atoms with Gasteiger partial charge in [0.25, 0.3) is 5.91 Å². The van der Waals surface area contributed by atoms with E-state index in [4.69, 9.17) is 0 Å². The van der Waals surface area contributed by atoms with Crippen LogP contribution >= 0.6 is 0 Å². The second-order valence-electron chi connectivity index (χ2n) is 4.84.